The Hall–Kier alpha value is -0.910. The van der Waals surface area contributed by atoms with E-state index in [1.807, 2.05) is 11.6 Å². The molecule has 0 aliphatic carbocycles. The van der Waals surface area contributed by atoms with Gasteiger partial charge in [-0.25, -0.2) is 4.39 Å². The highest BCUT2D eigenvalue weighted by atomic mass is 79.9. The average Bonchev–Trinajstić information content (AvgIpc) is 2.77. The minimum absolute atomic E-state index is 0.122. The number of halogens is 3. The first-order chi connectivity index (χ1) is 9.10. The molecule has 2 rings (SSSR count). The second-order valence-electron chi connectivity index (χ2n) is 4.06. The summed E-state index contributed by atoms with van der Waals surface area (Å²) in [5.74, 6) is -0.403. The van der Waals surface area contributed by atoms with Gasteiger partial charge >= 0.3 is 0 Å². The van der Waals surface area contributed by atoms with Crippen molar-refractivity contribution in [1.82, 2.24) is 15.1 Å². The molecule has 1 N–H and O–H groups in total. The van der Waals surface area contributed by atoms with E-state index >= 15 is 0 Å². The van der Waals surface area contributed by atoms with Crippen LogP contribution in [0.1, 0.15) is 24.2 Å². The molecule has 0 radical (unpaired) electrons. The third kappa shape index (κ3) is 2.68. The van der Waals surface area contributed by atoms with Gasteiger partial charge in [0, 0.05) is 12.1 Å². The van der Waals surface area contributed by atoms with Gasteiger partial charge in [0.05, 0.1) is 27.4 Å². The predicted molar refractivity (Wildman–Crippen MR) is 77.9 cm³/mol. The standard InChI is InChI=1S/C13H14BrClFN3/c1-3-19-13(9(14)7-18-19)12(17-2)8-5-4-6-10(15)11(8)16/h4-7,12,17H,3H2,1-2H3. The number of aromatic nitrogens is 2. The summed E-state index contributed by atoms with van der Waals surface area (Å²) in [5.41, 5.74) is 1.39. The second kappa shape index (κ2) is 6.03. The number of nitrogens with one attached hydrogen (secondary N) is 1. The van der Waals surface area contributed by atoms with Crippen molar-refractivity contribution in [2.75, 3.05) is 7.05 Å². The minimum atomic E-state index is -0.403. The van der Waals surface area contributed by atoms with Crippen molar-refractivity contribution < 1.29 is 4.39 Å². The van der Waals surface area contributed by atoms with Crippen LogP contribution < -0.4 is 5.32 Å². The van der Waals surface area contributed by atoms with E-state index in [-0.39, 0.29) is 11.1 Å². The van der Waals surface area contributed by atoms with Crippen LogP contribution in [0.25, 0.3) is 0 Å². The van der Waals surface area contributed by atoms with Crippen LogP contribution in [0.4, 0.5) is 4.39 Å². The van der Waals surface area contributed by atoms with Gasteiger partial charge in [0.15, 0.2) is 0 Å². The Morgan fingerprint density at radius 1 is 1.53 bits per heavy atom. The fraction of sp³-hybridized carbons (Fsp3) is 0.308. The van der Waals surface area contributed by atoms with Gasteiger partial charge in [-0.3, -0.25) is 4.68 Å². The Kier molecular flexibility index (Phi) is 4.60. The lowest BCUT2D eigenvalue weighted by Crippen LogP contribution is -2.23. The molecule has 0 bridgehead atoms. The minimum Gasteiger partial charge on any atom is -0.308 e. The van der Waals surface area contributed by atoms with E-state index < -0.39 is 5.82 Å². The van der Waals surface area contributed by atoms with Crippen molar-refractivity contribution in [3.63, 3.8) is 0 Å². The van der Waals surface area contributed by atoms with Gasteiger partial charge in [0.25, 0.3) is 0 Å². The molecule has 0 saturated carbocycles. The molecule has 102 valence electrons. The SMILES string of the molecule is CCn1ncc(Br)c1C(NC)c1cccc(Cl)c1F. The molecule has 1 unspecified atom stereocenters. The summed E-state index contributed by atoms with van der Waals surface area (Å²) in [6.07, 6.45) is 1.71. The van der Waals surface area contributed by atoms with Gasteiger partial charge in [-0.1, -0.05) is 23.7 Å². The molecule has 0 spiro atoms. The molecular formula is C13H14BrClFN3. The first-order valence-electron chi connectivity index (χ1n) is 5.92. The first-order valence-corrected chi connectivity index (χ1v) is 7.09. The smallest absolute Gasteiger partial charge is 0.146 e. The Morgan fingerprint density at radius 3 is 2.89 bits per heavy atom. The number of rotatable bonds is 4. The second-order valence-corrected chi connectivity index (χ2v) is 5.32. The van der Waals surface area contributed by atoms with E-state index in [0.29, 0.717) is 12.1 Å². The molecule has 0 saturated heterocycles. The zero-order chi connectivity index (χ0) is 14.0. The Morgan fingerprint density at radius 2 is 2.26 bits per heavy atom. The first kappa shape index (κ1) is 14.5. The van der Waals surface area contributed by atoms with Crippen molar-refractivity contribution in [3.05, 3.63) is 51.0 Å². The van der Waals surface area contributed by atoms with Crippen molar-refractivity contribution in [3.8, 4) is 0 Å². The lowest BCUT2D eigenvalue weighted by atomic mass is 10.0. The quantitative estimate of drug-likeness (QED) is 0.913. The van der Waals surface area contributed by atoms with E-state index in [9.17, 15) is 4.39 Å². The largest absolute Gasteiger partial charge is 0.308 e. The zero-order valence-electron chi connectivity index (χ0n) is 10.6. The van der Waals surface area contributed by atoms with Crippen LogP contribution in [-0.4, -0.2) is 16.8 Å². The molecule has 19 heavy (non-hydrogen) atoms. The van der Waals surface area contributed by atoms with Gasteiger partial charge < -0.3 is 5.32 Å². The van der Waals surface area contributed by atoms with Crippen LogP contribution >= 0.6 is 27.5 Å². The molecule has 1 heterocycles. The molecule has 1 atom stereocenters. The Labute approximate surface area is 124 Å². The van der Waals surface area contributed by atoms with Gasteiger partial charge in [0.2, 0.25) is 0 Å². The molecule has 3 nitrogen and oxygen atoms in total. The number of nitrogens with zero attached hydrogens (tertiary/aromatic N) is 2. The maximum Gasteiger partial charge on any atom is 0.146 e. The maximum atomic E-state index is 14.2. The molecule has 6 heteroatoms. The fourth-order valence-electron chi connectivity index (χ4n) is 2.09. The summed E-state index contributed by atoms with van der Waals surface area (Å²) in [5, 5.41) is 7.49. The molecule has 0 amide bonds. The lowest BCUT2D eigenvalue weighted by molar-refractivity contribution is 0.532. The fourth-order valence-corrected chi connectivity index (χ4v) is 2.80. The van der Waals surface area contributed by atoms with Crippen LogP contribution in [0.3, 0.4) is 0 Å². The molecule has 0 aliphatic rings. The highest BCUT2D eigenvalue weighted by Crippen LogP contribution is 2.31. The maximum absolute atomic E-state index is 14.2. The molecule has 1 aromatic carbocycles. The summed E-state index contributed by atoms with van der Waals surface area (Å²) < 4.78 is 16.8. The van der Waals surface area contributed by atoms with Crippen molar-refractivity contribution >= 4 is 27.5 Å². The van der Waals surface area contributed by atoms with Crippen molar-refractivity contribution in [2.24, 2.45) is 0 Å². The van der Waals surface area contributed by atoms with Gasteiger partial charge in [0.1, 0.15) is 5.82 Å². The summed E-state index contributed by atoms with van der Waals surface area (Å²) in [6, 6.07) is 4.70. The average molecular weight is 347 g/mol. The Bertz CT molecular complexity index is 585. The summed E-state index contributed by atoms with van der Waals surface area (Å²) in [4.78, 5) is 0. The zero-order valence-corrected chi connectivity index (χ0v) is 13.0. The highest BCUT2D eigenvalue weighted by Gasteiger charge is 2.23. The van der Waals surface area contributed by atoms with Gasteiger partial charge in [-0.2, -0.15) is 5.10 Å². The number of hydrogen-bond acceptors (Lipinski definition) is 2. The number of benzene rings is 1. The molecule has 0 aliphatic heterocycles. The van der Waals surface area contributed by atoms with E-state index in [1.165, 1.54) is 0 Å². The van der Waals surface area contributed by atoms with Crippen LogP contribution in [0.15, 0.2) is 28.9 Å². The molecule has 0 fully saturated rings. The normalized spacial score (nSPS) is 12.7. The highest BCUT2D eigenvalue weighted by molar-refractivity contribution is 9.10. The molecule has 2 aromatic rings. The van der Waals surface area contributed by atoms with Crippen LogP contribution in [0, 0.1) is 5.82 Å². The van der Waals surface area contributed by atoms with Crippen LogP contribution in [-0.2, 0) is 6.54 Å². The Balaban J connectivity index is 2.56. The van der Waals surface area contributed by atoms with Crippen LogP contribution in [0.2, 0.25) is 5.02 Å². The monoisotopic (exact) mass is 345 g/mol. The third-order valence-electron chi connectivity index (χ3n) is 2.99. The summed E-state index contributed by atoms with van der Waals surface area (Å²) >= 11 is 9.31. The topological polar surface area (TPSA) is 29.9 Å². The van der Waals surface area contributed by atoms with E-state index in [4.69, 9.17) is 11.6 Å². The lowest BCUT2D eigenvalue weighted by Gasteiger charge is -2.19. The summed E-state index contributed by atoms with van der Waals surface area (Å²) in [6.45, 7) is 2.70. The molecular weight excluding hydrogens is 333 g/mol. The third-order valence-corrected chi connectivity index (χ3v) is 3.89. The van der Waals surface area contributed by atoms with E-state index in [1.54, 1.807) is 31.4 Å². The van der Waals surface area contributed by atoms with Crippen molar-refractivity contribution in [1.29, 1.82) is 0 Å². The molecule has 1 aromatic heterocycles. The van der Waals surface area contributed by atoms with Gasteiger partial charge in [-0.05, 0) is 36.0 Å². The van der Waals surface area contributed by atoms with E-state index in [2.05, 4.69) is 26.3 Å². The predicted octanol–water partition coefficient (Wildman–Crippen LogP) is 3.77. The van der Waals surface area contributed by atoms with E-state index in [0.717, 1.165) is 10.2 Å². The summed E-state index contributed by atoms with van der Waals surface area (Å²) in [7, 11) is 1.78. The van der Waals surface area contributed by atoms with Crippen molar-refractivity contribution in [2.45, 2.75) is 19.5 Å². The number of hydrogen-bond donors (Lipinski definition) is 1. The number of aryl methyl sites for hydroxylation is 1. The van der Waals surface area contributed by atoms with Crippen LogP contribution in [0.5, 0.6) is 0 Å². The van der Waals surface area contributed by atoms with Gasteiger partial charge in [-0.15, -0.1) is 0 Å².